The van der Waals surface area contributed by atoms with E-state index in [1.54, 1.807) is 13.0 Å². The molecule has 2 amide bonds. The Morgan fingerprint density at radius 2 is 1.82 bits per heavy atom. The van der Waals surface area contributed by atoms with E-state index in [0.717, 1.165) is 10.8 Å². The van der Waals surface area contributed by atoms with Crippen molar-refractivity contribution in [3.05, 3.63) is 42.5 Å². The highest BCUT2D eigenvalue weighted by molar-refractivity contribution is 6.02. The number of amides is 2. The summed E-state index contributed by atoms with van der Waals surface area (Å²) in [6.07, 6.45) is 0.672. The van der Waals surface area contributed by atoms with Crippen LogP contribution >= 0.6 is 0 Å². The van der Waals surface area contributed by atoms with Gasteiger partial charge >= 0.3 is 12.0 Å². The molecule has 0 aromatic heterocycles. The van der Waals surface area contributed by atoms with Crippen molar-refractivity contribution < 1.29 is 14.7 Å². The number of aliphatic carboxylic acids is 1. The highest BCUT2D eigenvalue weighted by Crippen LogP contribution is 2.22. The van der Waals surface area contributed by atoms with Gasteiger partial charge in [-0.05, 0) is 17.4 Å². The van der Waals surface area contributed by atoms with Crippen molar-refractivity contribution in [3.63, 3.8) is 0 Å². The second-order valence-corrected chi connectivity index (χ2v) is 5.33. The molecule has 0 saturated carbocycles. The standard InChI is InChI=1S/C17H20N2O3/c1-3-11(2)15(16(20)21)19-17(22)18-14-10-6-8-12-7-4-5-9-13(12)14/h4-11,15H,3H2,1-2H3,(H,20,21)(H2,18,19,22). The number of rotatable bonds is 5. The Kier molecular flexibility index (Phi) is 4.99. The zero-order chi connectivity index (χ0) is 16.1. The van der Waals surface area contributed by atoms with Crippen molar-refractivity contribution in [1.82, 2.24) is 5.32 Å². The van der Waals surface area contributed by atoms with Crippen LogP contribution in [0.25, 0.3) is 10.8 Å². The van der Waals surface area contributed by atoms with Crippen LogP contribution < -0.4 is 10.6 Å². The Labute approximate surface area is 129 Å². The highest BCUT2D eigenvalue weighted by atomic mass is 16.4. The molecule has 0 heterocycles. The average molecular weight is 300 g/mol. The van der Waals surface area contributed by atoms with Gasteiger partial charge in [0.05, 0.1) is 5.69 Å². The third-order valence-corrected chi connectivity index (χ3v) is 3.80. The van der Waals surface area contributed by atoms with Gasteiger partial charge in [0.2, 0.25) is 0 Å². The molecule has 2 aromatic carbocycles. The molecule has 2 rings (SSSR count). The number of anilines is 1. The Balaban J connectivity index is 2.15. The normalized spacial score (nSPS) is 13.4. The molecule has 0 saturated heterocycles. The Hall–Kier alpha value is -2.56. The Morgan fingerprint density at radius 1 is 1.14 bits per heavy atom. The number of carbonyl (C=O) groups excluding carboxylic acids is 1. The van der Waals surface area contributed by atoms with Gasteiger partial charge in [0.1, 0.15) is 6.04 Å². The van der Waals surface area contributed by atoms with Crippen LogP contribution in [0, 0.1) is 5.92 Å². The molecule has 116 valence electrons. The third kappa shape index (κ3) is 3.55. The van der Waals surface area contributed by atoms with Gasteiger partial charge in [0.15, 0.2) is 0 Å². The van der Waals surface area contributed by atoms with Crippen LogP contribution in [0.5, 0.6) is 0 Å². The number of carboxylic acids is 1. The zero-order valence-electron chi connectivity index (χ0n) is 12.7. The number of carboxylic acid groups (broad SMARTS) is 1. The van der Waals surface area contributed by atoms with Crippen molar-refractivity contribution in [1.29, 1.82) is 0 Å². The van der Waals surface area contributed by atoms with Gasteiger partial charge in [0, 0.05) is 5.39 Å². The van der Waals surface area contributed by atoms with Crippen LogP contribution in [0.4, 0.5) is 10.5 Å². The second kappa shape index (κ2) is 6.93. The number of carbonyl (C=O) groups is 2. The van der Waals surface area contributed by atoms with E-state index in [4.69, 9.17) is 0 Å². The lowest BCUT2D eigenvalue weighted by molar-refractivity contribution is -0.140. The molecule has 2 unspecified atom stereocenters. The maximum Gasteiger partial charge on any atom is 0.326 e. The number of fused-ring (bicyclic) bond motifs is 1. The van der Waals surface area contributed by atoms with Crippen LogP contribution in [0.15, 0.2) is 42.5 Å². The molecule has 22 heavy (non-hydrogen) atoms. The van der Waals surface area contributed by atoms with Crippen LogP contribution in [0.2, 0.25) is 0 Å². The smallest absolute Gasteiger partial charge is 0.326 e. The maximum atomic E-state index is 12.1. The molecular weight excluding hydrogens is 280 g/mol. The summed E-state index contributed by atoms with van der Waals surface area (Å²) in [6.45, 7) is 3.70. The lowest BCUT2D eigenvalue weighted by atomic mass is 9.99. The first-order valence-electron chi connectivity index (χ1n) is 7.31. The van der Waals surface area contributed by atoms with Gasteiger partial charge in [-0.3, -0.25) is 0 Å². The highest BCUT2D eigenvalue weighted by Gasteiger charge is 2.25. The first kappa shape index (κ1) is 15.8. The summed E-state index contributed by atoms with van der Waals surface area (Å²) in [5.74, 6) is -1.17. The second-order valence-electron chi connectivity index (χ2n) is 5.33. The van der Waals surface area contributed by atoms with E-state index in [0.29, 0.717) is 12.1 Å². The van der Waals surface area contributed by atoms with E-state index in [-0.39, 0.29) is 5.92 Å². The van der Waals surface area contributed by atoms with E-state index in [9.17, 15) is 14.7 Å². The van der Waals surface area contributed by atoms with Crippen LogP contribution in [0.1, 0.15) is 20.3 Å². The van der Waals surface area contributed by atoms with E-state index in [1.165, 1.54) is 0 Å². The predicted molar refractivity (Wildman–Crippen MR) is 87.0 cm³/mol. The summed E-state index contributed by atoms with van der Waals surface area (Å²) in [4.78, 5) is 23.4. The topological polar surface area (TPSA) is 78.4 Å². The summed E-state index contributed by atoms with van der Waals surface area (Å²) < 4.78 is 0. The van der Waals surface area contributed by atoms with Gasteiger partial charge in [-0.15, -0.1) is 0 Å². The summed E-state index contributed by atoms with van der Waals surface area (Å²) in [6, 6.07) is 11.9. The van der Waals surface area contributed by atoms with E-state index < -0.39 is 18.0 Å². The minimum absolute atomic E-state index is 0.143. The Morgan fingerprint density at radius 3 is 2.50 bits per heavy atom. The predicted octanol–water partition coefficient (Wildman–Crippen LogP) is 3.46. The minimum atomic E-state index is -1.03. The number of benzene rings is 2. The molecule has 2 atom stereocenters. The fourth-order valence-corrected chi connectivity index (χ4v) is 2.32. The fraction of sp³-hybridized carbons (Fsp3) is 0.294. The van der Waals surface area contributed by atoms with Crippen molar-refractivity contribution in [2.45, 2.75) is 26.3 Å². The monoisotopic (exact) mass is 300 g/mol. The lowest BCUT2D eigenvalue weighted by Gasteiger charge is -2.20. The first-order valence-corrected chi connectivity index (χ1v) is 7.31. The van der Waals surface area contributed by atoms with E-state index in [2.05, 4.69) is 10.6 Å². The van der Waals surface area contributed by atoms with Crippen molar-refractivity contribution >= 4 is 28.5 Å². The molecular formula is C17H20N2O3. The van der Waals surface area contributed by atoms with E-state index >= 15 is 0 Å². The van der Waals surface area contributed by atoms with Gasteiger partial charge in [-0.2, -0.15) is 0 Å². The van der Waals surface area contributed by atoms with Gasteiger partial charge < -0.3 is 15.7 Å². The quantitative estimate of drug-likeness (QED) is 0.791. The number of nitrogens with one attached hydrogen (secondary N) is 2. The van der Waals surface area contributed by atoms with Gasteiger partial charge in [-0.1, -0.05) is 56.7 Å². The molecule has 0 aliphatic carbocycles. The van der Waals surface area contributed by atoms with Crippen molar-refractivity contribution in [2.24, 2.45) is 5.92 Å². The average Bonchev–Trinajstić information content (AvgIpc) is 2.52. The molecule has 0 aliphatic heterocycles. The van der Waals surface area contributed by atoms with Gasteiger partial charge in [-0.25, -0.2) is 9.59 Å². The van der Waals surface area contributed by atoms with Crippen molar-refractivity contribution in [2.75, 3.05) is 5.32 Å². The van der Waals surface area contributed by atoms with E-state index in [1.807, 2.05) is 43.3 Å². The van der Waals surface area contributed by atoms with Crippen LogP contribution in [0.3, 0.4) is 0 Å². The maximum absolute atomic E-state index is 12.1. The lowest BCUT2D eigenvalue weighted by Crippen LogP contribution is -2.46. The number of hydrogen-bond acceptors (Lipinski definition) is 2. The van der Waals surface area contributed by atoms with Crippen LogP contribution in [-0.4, -0.2) is 23.1 Å². The molecule has 2 aromatic rings. The number of hydrogen-bond donors (Lipinski definition) is 3. The summed E-state index contributed by atoms with van der Waals surface area (Å²) in [5, 5.41) is 16.4. The zero-order valence-corrected chi connectivity index (χ0v) is 12.7. The van der Waals surface area contributed by atoms with Crippen LogP contribution in [-0.2, 0) is 4.79 Å². The molecule has 5 nitrogen and oxygen atoms in total. The summed E-state index contributed by atoms with van der Waals surface area (Å²) >= 11 is 0. The third-order valence-electron chi connectivity index (χ3n) is 3.80. The molecule has 5 heteroatoms. The van der Waals surface area contributed by atoms with Crippen molar-refractivity contribution in [3.8, 4) is 0 Å². The molecule has 0 radical (unpaired) electrons. The molecule has 0 aliphatic rings. The largest absolute Gasteiger partial charge is 0.480 e. The fourth-order valence-electron chi connectivity index (χ4n) is 2.32. The molecule has 0 spiro atoms. The Bertz CT molecular complexity index is 679. The minimum Gasteiger partial charge on any atom is -0.480 e. The molecule has 3 N–H and O–H groups in total. The summed E-state index contributed by atoms with van der Waals surface area (Å²) in [5.41, 5.74) is 0.656. The first-order chi connectivity index (χ1) is 10.5. The number of urea groups is 1. The SMILES string of the molecule is CCC(C)C(NC(=O)Nc1cccc2ccccc12)C(=O)O. The van der Waals surface area contributed by atoms with Gasteiger partial charge in [0.25, 0.3) is 0 Å². The molecule has 0 bridgehead atoms. The summed E-state index contributed by atoms with van der Waals surface area (Å²) in [7, 11) is 0. The molecule has 0 fully saturated rings.